The lowest BCUT2D eigenvalue weighted by Crippen LogP contribution is -2.11. The lowest BCUT2D eigenvalue weighted by molar-refractivity contribution is -0.143. The lowest BCUT2D eigenvalue weighted by atomic mass is 10.0. The van der Waals surface area contributed by atoms with Gasteiger partial charge in [-0.2, -0.15) is 26.3 Å². The van der Waals surface area contributed by atoms with Gasteiger partial charge in [-0.15, -0.1) is 5.10 Å². The van der Waals surface area contributed by atoms with E-state index in [-0.39, 0.29) is 11.9 Å². The average molecular weight is 365 g/mol. The number of esters is 1. The summed E-state index contributed by atoms with van der Waals surface area (Å²) in [6.07, 6.45) is -6.89. The molecule has 0 aliphatic rings. The molecule has 1 heterocycles. The molecule has 25 heavy (non-hydrogen) atoms. The van der Waals surface area contributed by atoms with Crippen LogP contribution in [-0.2, 0) is 21.9 Å². The number of nitrogens with zero attached hydrogens (tertiary/aromatic N) is 3. The SMILES string of the molecule is COC(=O)/C=C/n1cnc(-c2cc(C(F)(F)F)cc(C(F)(F)F)c2)n1. The molecule has 134 valence electrons. The number of aromatic nitrogens is 3. The maximum atomic E-state index is 12.8. The zero-order valence-corrected chi connectivity index (χ0v) is 12.4. The second kappa shape index (κ2) is 6.57. The monoisotopic (exact) mass is 365 g/mol. The van der Waals surface area contributed by atoms with Crippen LogP contribution in [-0.4, -0.2) is 27.8 Å². The third-order valence-electron chi connectivity index (χ3n) is 2.92. The standard InChI is InChI=1S/C14H9F6N3O2/c1-25-11(24)2-3-23-7-21-12(22-23)8-4-9(13(15,16)17)6-10(5-8)14(18,19)20/h2-7H,1H3/b3-2+. The predicted octanol–water partition coefficient (Wildman–Crippen LogP) is 3.63. The van der Waals surface area contributed by atoms with Crippen LogP contribution in [0.3, 0.4) is 0 Å². The van der Waals surface area contributed by atoms with E-state index in [2.05, 4.69) is 14.8 Å². The topological polar surface area (TPSA) is 57.0 Å². The largest absolute Gasteiger partial charge is 0.466 e. The van der Waals surface area contributed by atoms with Crippen LogP contribution in [0.25, 0.3) is 17.6 Å². The number of hydrogen-bond acceptors (Lipinski definition) is 4. The zero-order chi connectivity index (χ0) is 18.8. The summed E-state index contributed by atoms with van der Waals surface area (Å²) in [5.74, 6) is -1.10. The summed E-state index contributed by atoms with van der Waals surface area (Å²) in [4.78, 5) is 14.6. The molecule has 0 bridgehead atoms. The number of benzene rings is 1. The van der Waals surface area contributed by atoms with Crippen LogP contribution in [0.5, 0.6) is 0 Å². The Morgan fingerprint density at radius 1 is 1.08 bits per heavy atom. The minimum absolute atomic E-state index is 0.0116. The number of ether oxygens (including phenoxy) is 1. The third-order valence-corrected chi connectivity index (χ3v) is 2.92. The van der Waals surface area contributed by atoms with Crippen molar-refractivity contribution in [2.24, 2.45) is 0 Å². The van der Waals surface area contributed by atoms with Crippen LogP contribution < -0.4 is 0 Å². The van der Waals surface area contributed by atoms with Crippen LogP contribution in [0.2, 0.25) is 0 Å². The van der Waals surface area contributed by atoms with Crippen LogP contribution >= 0.6 is 0 Å². The Balaban J connectivity index is 2.47. The van der Waals surface area contributed by atoms with Crippen LogP contribution in [0.4, 0.5) is 26.3 Å². The highest BCUT2D eigenvalue weighted by Crippen LogP contribution is 2.37. The van der Waals surface area contributed by atoms with Crippen molar-refractivity contribution < 1.29 is 35.9 Å². The first kappa shape index (κ1) is 18.5. The number of rotatable bonds is 3. The Bertz CT molecular complexity index is 775. The van der Waals surface area contributed by atoms with E-state index in [4.69, 9.17) is 0 Å². The van der Waals surface area contributed by atoms with Gasteiger partial charge in [0, 0.05) is 17.8 Å². The molecule has 0 fully saturated rings. The van der Waals surface area contributed by atoms with Gasteiger partial charge < -0.3 is 4.74 Å². The van der Waals surface area contributed by atoms with Gasteiger partial charge in [-0.1, -0.05) is 0 Å². The number of halogens is 6. The normalized spacial score (nSPS) is 12.6. The van der Waals surface area contributed by atoms with Crippen molar-refractivity contribution in [3.05, 3.63) is 41.7 Å². The smallest absolute Gasteiger partial charge is 0.416 e. The molecule has 0 spiro atoms. The highest BCUT2D eigenvalue weighted by Gasteiger charge is 2.37. The van der Waals surface area contributed by atoms with Crippen molar-refractivity contribution in [1.29, 1.82) is 0 Å². The minimum atomic E-state index is -4.97. The lowest BCUT2D eigenvalue weighted by Gasteiger charge is -2.13. The molecule has 0 saturated heterocycles. The van der Waals surface area contributed by atoms with Gasteiger partial charge in [-0.3, -0.25) is 0 Å². The molecule has 0 N–H and O–H groups in total. The molecule has 11 heteroatoms. The first-order chi connectivity index (χ1) is 11.5. The summed E-state index contributed by atoms with van der Waals surface area (Å²) in [5.41, 5.74) is -3.41. The van der Waals surface area contributed by atoms with Crippen molar-refractivity contribution in [2.45, 2.75) is 12.4 Å². The molecule has 0 saturated carbocycles. The zero-order valence-electron chi connectivity index (χ0n) is 12.4. The third kappa shape index (κ3) is 4.58. The Kier molecular flexibility index (Phi) is 4.86. The average Bonchev–Trinajstić information content (AvgIpc) is 2.99. The maximum absolute atomic E-state index is 12.8. The number of alkyl halides is 6. The summed E-state index contributed by atoms with van der Waals surface area (Å²) >= 11 is 0. The van der Waals surface area contributed by atoms with E-state index < -0.39 is 35.0 Å². The van der Waals surface area contributed by atoms with E-state index in [1.807, 2.05) is 0 Å². The Morgan fingerprint density at radius 2 is 1.64 bits per heavy atom. The van der Waals surface area contributed by atoms with Gasteiger partial charge in [0.25, 0.3) is 0 Å². The Morgan fingerprint density at radius 3 is 2.12 bits per heavy atom. The molecule has 1 aromatic heterocycles. The molecule has 5 nitrogen and oxygen atoms in total. The summed E-state index contributed by atoms with van der Waals surface area (Å²) in [6.45, 7) is 0. The predicted molar refractivity (Wildman–Crippen MR) is 72.8 cm³/mol. The summed E-state index contributed by atoms with van der Waals surface area (Å²) in [5, 5.41) is 3.71. The first-order valence-corrected chi connectivity index (χ1v) is 6.48. The molecule has 2 aromatic rings. The van der Waals surface area contributed by atoms with E-state index in [1.54, 1.807) is 0 Å². The van der Waals surface area contributed by atoms with Gasteiger partial charge in [-0.05, 0) is 18.2 Å². The molecule has 0 radical (unpaired) electrons. The van der Waals surface area contributed by atoms with Crippen LogP contribution in [0, 0.1) is 0 Å². The number of carbonyl (C=O) groups is 1. The van der Waals surface area contributed by atoms with Gasteiger partial charge in [0.1, 0.15) is 6.33 Å². The Hall–Kier alpha value is -2.85. The van der Waals surface area contributed by atoms with Crippen LogP contribution in [0.15, 0.2) is 30.6 Å². The number of hydrogen-bond donors (Lipinski definition) is 0. The molecule has 0 aliphatic heterocycles. The molecule has 2 rings (SSSR count). The summed E-state index contributed by atoms with van der Waals surface area (Å²) < 4.78 is 82.3. The van der Waals surface area contributed by atoms with E-state index in [0.717, 1.165) is 30.4 Å². The minimum Gasteiger partial charge on any atom is -0.466 e. The van der Waals surface area contributed by atoms with Gasteiger partial charge in [0.2, 0.25) is 0 Å². The van der Waals surface area contributed by atoms with Gasteiger partial charge in [0.05, 0.1) is 18.2 Å². The molecule has 0 atom stereocenters. The maximum Gasteiger partial charge on any atom is 0.416 e. The molecular formula is C14H9F6N3O2. The fourth-order valence-electron chi connectivity index (χ4n) is 1.77. The quantitative estimate of drug-likeness (QED) is 0.474. The van der Waals surface area contributed by atoms with Gasteiger partial charge >= 0.3 is 18.3 Å². The van der Waals surface area contributed by atoms with Crippen molar-refractivity contribution >= 4 is 12.2 Å². The highest BCUT2D eigenvalue weighted by molar-refractivity contribution is 5.84. The summed E-state index contributed by atoms with van der Waals surface area (Å²) in [7, 11) is 1.13. The first-order valence-electron chi connectivity index (χ1n) is 6.48. The van der Waals surface area contributed by atoms with Gasteiger partial charge in [-0.25, -0.2) is 14.5 Å². The molecule has 0 aliphatic carbocycles. The van der Waals surface area contributed by atoms with Crippen molar-refractivity contribution in [3.63, 3.8) is 0 Å². The van der Waals surface area contributed by atoms with E-state index in [0.29, 0.717) is 12.1 Å². The molecular weight excluding hydrogens is 356 g/mol. The fraction of sp³-hybridized carbons (Fsp3) is 0.214. The van der Waals surface area contributed by atoms with E-state index in [9.17, 15) is 31.1 Å². The number of methoxy groups -OCH3 is 1. The van der Waals surface area contributed by atoms with Crippen molar-refractivity contribution in [2.75, 3.05) is 7.11 Å². The van der Waals surface area contributed by atoms with Crippen molar-refractivity contribution in [3.8, 4) is 11.4 Å². The van der Waals surface area contributed by atoms with E-state index >= 15 is 0 Å². The molecule has 0 unspecified atom stereocenters. The second-order valence-electron chi connectivity index (χ2n) is 4.68. The fourth-order valence-corrected chi connectivity index (χ4v) is 1.77. The Labute approximate surface area is 136 Å². The van der Waals surface area contributed by atoms with Crippen LogP contribution in [0.1, 0.15) is 11.1 Å². The van der Waals surface area contributed by atoms with Crippen molar-refractivity contribution in [1.82, 2.24) is 14.8 Å². The molecule has 1 aromatic carbocycles. The summed E-state index contributed by atoms with van der Waals surface area (Å²) in [6, 6.07) is 1.04. The number of carbonyl (C=O) groups excluding carboxylic acids is 1. The van der Waals surface area contributed by atoms with E-state index in [1.165, 1.54) is 0 Å². The molecule has 0 amide bonds. The van der Waals surface area contributed by atoms with Gasteiger partial charge in [0.15, 0.2) is 5.82 Å². The highest BCUT2D eigenvalue weighted by atomic mass is 19.4. The second-order valence-corrected chi connectivity index (χ2v) is 4.68.